The Hall–Kier alpha value is -0.190. The molecule has 1 unspecified atom stereocenters. The molecule has 3 nitrogen and oxygen atoms in total. The minimum absolute atomic E-state index is 0.245. The Balaban J connectivity index is 2.44. The van der Waals surface area contributed by atoms with Gasteiger partial charge in [0.25, 0.3) is 0 Å². The second kappa shape index (κ2) is 5.77. The molecule has 0 amide bonds. The number of nitrogens with two attached hydrogens (primary N) is 1. The first-order valence-corrected chi connectivity index (χ1v) is 6.42. The van der Waals surface area contributed by atoms with Crippen LogP contribution in [0.2, 0.25) is 0 Å². The predicted molar refractivity (Wildman–Crippen MR) is 66.6 cm³/mol. The van der Waals surface area contributed by atoms with Gasteiger partial charge in [-0.25, -0.2) is 0 Å². The van der Waals surface area contributed by atoms with Crippen LogP contribution in [0, 0.1) is 0 Å². The highest BCUT2D eigenvalue weighted by molar-refractivity contribution is 8.00. The minimum atomic E-state index is 0.245. The Kier molecular flexibility index (Phi) is 4.96. The van der Waals surface area contributed by atoms with Crippen LogP contribution in [0.1, 0.15) is 33.6 Å². The van der Waals surface area contributed by atoms with Crippen LogP contribution in [-0.2, 0) is 4.74 Å². The average molecular weight is 230 g/mol. The van der Waals surface area contributed by atoms with Crippen LogP contribution in [-0.4, -0.2) is 23.1 Å². The zero-order valence-electron chi connectivity index (χ0n) is 9.88. The van der Waals surface area contributed by atoms with E-state index in [1.165, 1.54) is 5.57 Å². The van der Waals surface area contributed by atoms with Crippen LogP contribution < -0.4 is 11.3 Å². The molecular weight excluding hydrogens is 208 g/mol. The van der Waals surface area contributed by atoms with Crippen molar-refractivity contribution in [1.29, 1.82) is 0 Å². The number of hydrogen-bond donors (Lipinski definition) is 2. The van der Waals surface area contributed by atoms with Crippen LogP contribution in [0.15, 0.2) is 11.8 Å². The second-order valence-electron chi connectivity index (χ2n) is 4.81. The van der Waals surface area contributed by atoms with Crippen LogP contribution in [0.4, 0.5) is 0 Å². The van der Waals surface area contributed by atoms with E-state index in [9.17, 15) is 0 Å². The van der Waals surface area contributed by atoms with Crippen molar-refractivity contribution >= 4 is 11.8 Å². The summed E-state index contributed by atoms with van der Waals surface area (Å²) in [7, 11) is 0. The van der Waals surface area contributed by atoms with Crippen molar-refractivity contribution in [2.75, 3.05) is 12.4 Å². The quantitative estimate of drug-likeness (QED) is 0.573. The van der Waals surface area contributed by atoms with Gasteiger partial charge in [0, 0.05) is 10.5 Å². The SMILES string of the molecule is CC(C)(C)SCC(NN)C1=COCCC1. The monoisotopic (exact) mass is 230 g/mol. The third kappa shape index (κ3) is 4.91. The molecule has 88 valence electrons. The van der Waals surface area contributed by atoms with E-state index in [0.717, 1.165) is 25.2 Å². The lowest BCUT2D eigenvalue weighted by Crippen LogP contribution is -2.40. The molecule has 4 heteroatoms. The van der Waals surface area contributed by atoms with Crippen molar-refractivity contribution < 1.29 is 4.74 Å². The summed E-state index contributed by atoms with van der Waals surface area (Å²) in [4.78, 5) is 0. The van der Waals surface area contributed by atoms with Crippen LogP contribution in [0.3, 0.4) is 0 Å². The van der Waals surface area contributed by atoms with Gasteiger partial charge in [0.1, 0.15) is 0 Å². The molecule has 1 atom stereocenters. The summed E-state index contributed by atoms with van der Waals surface area (Å²) >= 11 is 1.92. The van der Waals surface area contributed by atoms with E-state index < -0.39 is 0 Å². The first-order valence-electron chi connectivity index (χ1n) is 5.43. The molecule has 1 aliphatic heterocycles. The van der Waals surface area contributed by atoms with E-state index >= 15 is 0 Å². The number of rotatable bonds is 4. The van der Waals surface area contributed by atoms with Gasteiger partial charge in [-0.1, -0.05) is 20.8 Å². The van der Waals surface area contributed by atoms with Gasteiger partial charge in [-0.2, -0.15) is 11.8 Å². The zero-order chi connectivity index (χ0) is 11.3. The molecule has 1 heterocycles. The predicted octanol–water partition coefficient (Wildman–Crippen LogP) is 2.04. The van der Waals surface area contributed by atoms with Gasteiger partial charge in [0.15, 0.2) is 0 Å². The molecule has 15 heavy (non-hydrogen) atoms. The lowest BCUT2D eigenvalue weighted by molar-refractivity contribution is 0.220. The smallest absolute Gasteiger partial charge is 0.0876 e. The van der Waals surface area contributed by atoms with Crippen molar-refractivity contribution in [3.05, 3.63) is 11.8 Å². The van der Waals surface area contributed by atoms with Gasteiger partial charge < -0.3 is 4.74 Å². The van der Waals surface area contributed by atoms with Gasteiger partial charge in [-0.05, 0) is 18.4 Å². The second-order valence-corrected chi connectivity index (χ2v) is 6.66. The Labute approximate surface area is 96.8 Å². The summed E-state index contributed by atoms with van der Waals surface area (Å²) in [6.07, 6.45) is 4.07. The van der Waals surface area contributed by atoms with Crippen LogP contribution in [0.25, 0.3) is 0 Å². The third-order valence-electron chi connectivity index (χ3n) is 2.29. The molecule has 0 radical (unpaired) electrons. The first-order chi connectivity index (χ1) is 7.03. The Bertz CT molecular complexity index is 223. The van der Waals surface area contributed by atoms with Gasteiger partial charge in [0.2, 0.25) is 0 Å². The molecule has 0 aromatic carbocycles. The lowest BCUT2D eigenvalue weighted by atomic mass is 10.0. The van der Waals surface area contributed by atoms with Gasteiger partial charge >= 0.3 is 0 Å². The Morgan fingerprint density at radius 1 is 1.60 bits per heavy atom. The van der Waals surface area contributed by atoms with E-state index in [-0.39, 0.29) is 10.8 Å². The van der Waals surface area contributed by atoms with Gasteiger partial charge in [-0.15, -0.1) is 0 Å². The summed E-state index contributed by atoms with van der Waals surface area (Å²) in [5, 5.41) is 0. The van der Waals surface area contributed by atoms with Gasteiger partial charge in [0.05, 0.1) is 18.9 Å². The van der Waals surface area contributed by atoms with Crippen molar-refractivity contribution in [1.82, 2.24) is 5.43 Å². The van der Waals surface area contributed by atoms with Crippen molar-refractivity contribution in [3.63, 3.8) is 0 Å². The zero-order valence-corrected chi connectivity index (χ0v) is 10.7. The van der Waals surface area contributed by atoms with E-state index in [0.29, 0.717) is 0 Å². The van der Waals surface area contributed by atoms with Crippen molar-refractivity contribution in [2.45, 2.75) is 44.4 Å². The molecule has 0 saturated carbocycles. The first kappa shape index (κ1) is 12.9. The minimum Gasteiger partial charge on any atom is -0.501 e. The van der Waals surface area contributed by atoms with Gasteiger partial charge in [-0.3, -0.25) is 11.3 Å². The molecular formula is C11H22N2OS. The molecule has 0 saturated heterocycles. The summed E-state index contributed by atoms with van der Waals surface area (Å²) < 4.78 is 5.61. The van der Waals surface area contributed by atoms with Crippen LogP contribution in [0.5, 0.6) is 0 Å². The number of ether oxygens (including phenoxy) is 1. The average Bonchev–Trinajstić information content (AvgIpc) is 2.19. The highest BCUT2D eigenvalue weighted by Crippen LogP contribution is 2.26. The fourth-order valence-electron chi connectivity index (χ4n) is 1.44. The van der Waals surface area contributed by atoms with E-state index in [1.807, 2.05) is 18.0 Å². The molecule has 0 aromatic rings. The maximum atomic E-state index is 5.57. The molecule has 0 bridgehead atoms. The maximum absolute atomic E-state index is 5.57. The fourth-order valence-corrected chi connectivity index (χ4v) is 2.41. The highest BCUT2D eigenvalue weighted by Gasteiger charge is 2.19. The van der Waals surface area contributed by atoms with E-state index in [1.54, 1.807) is 0 Å². The molecule has 0 aromatic heterocycles. The number of nitrogens with one attached hydrogen (secondary N) is 1. The maximum Gasteiger partial charge on any atom is 0.0876 e. The third-order valence-corrected chi connectivity index (χ3v) is 3.66. The molecule has 3 N–H and O–H groups in total. The summed E-state index contributed by atoms with van der Waals surface area (Å²) in [6.45, 7) is 7.50. The van der Waals surface area contributed by atoms with E-state index in [2.05, 4.69) is 26.2 Å². The summed E-state index contributed by atoms with van der Waals surface area (Å²) in [6, 6.07) is 0.245. The topological polar surface area (TPSA) is 47.3 Å². The number of hydrazine groups is 1. The summed E-state index contributed by atoms with van der Waals surface area (Å²) in [5.74, 6) is 6.57. The molecule has 0 aliphatic carbocycles. The van der Waals surface area contributed by atoms with Crippen molar-refractivity contribution in [3.8, 4) is 0 Å². The van der Waals surface area contributed by atoms with E-state index in [4.69, 9.17) is 10.6 Å². The number of thioether (sulfide) groups is 1. The fraction of sp³-hybridized carbons (Fsp3) is 0.818. The summed E-state index contributed by atoms with van der Waals surface area (Å²) in [5.41, 5.74) is 4.17. The molecule has 0 spiro atoms. The number of hydrogen-bond acceptors (Lipinski definition) is 4. The largest absolute Gasteiger partial charge is 0.501 e. The standard InChI is InChI=1S/C11H22N2OS/c1-11(2,3)15-8-10(13-12)9-5-4-6-14-7-9/h7,10,13H,4-6,8,12H2,1-3H3. The van der Waals surface area contributed by atoms with Crippen molar-refractivity contribution in [2.24, 2.45) is 5.84 Å². The Morgan fingerprint density at radius 2 is 2.33 bits per heavy atom. The normalized spacial score (nSPS) is 19.3. The molecule has 0 fully saturated rings. The molecule has 1 aliphatic rings. The Morgan fingerprint density at radius 3 is 2.80 bits per heavy atom. The van der Waals surface area contributed by atoms with Crippen LogP contribution >= 0.6 is 11.8 Å². The molecule has 1 rings (SSSR count). The highest BCUT2D eigenvalue weighted by atomic mass is 32.2. The lowest BCUT2D eigenvalue weighted by Gasteiger charge is -2.25.